The van der Waals surface area contributed by atoms with E-state index >= 15 is 0 Å². The van der Waals surface area contributed by atoms with Crippen molar-refractivity contribution >= 4 is 5.69 Å². The minimum absolute atomic E-state index is 0.0895. The minimum Gasteiger partial charge on any atom is -0.392 e. The number of rotatable bonds is 4. The molecule has 0 amide bonds. The molecule has 0 aliphatic heterocycles. The van der Waals surface area contributed by atoms with Gasteiger partial charge in [0.15, 0.2) is 0 Å². The van der Waals surface area contributed by atoms with Gasteiger partial charge in [0.25, 0.3) is 0 Å². The first kappa shape index (κ1) is 13.5. The van der Waals surface area contributed by atoms with Crippen molar-refractivity contribution in [1.29, 1.82) is 0 Å². The second kappa shape index (κ2) is 5.80. The lowest BCUT2D eigenvalue weighted by Crippen LogP contribution is -2.10. The third kappa shape index (κ3) is 3.09. The average Bonchev–Trinajstić information content (AvgIpc) is 2.42. The lowest BCUT2D eigenvalue weighted by atomic mass is 10.0. The number of aliphatic hydroxyl groups is 1. The van der Waals surface area contributed by atoms with Gasteiger partial charge >= 0.3 is 0 Å². The Balaban J connectivity index is 2.25. The molecular weight excluding hydrogens is 248 g/mol. The molecule has 0 fully saturated rings. The molecule has 2 N–H and O–H groups in total. The van der Waals surface area contributed by atoms with Crippen LogP contribution in [0.5, 0.6) is 0 Å². The quantitative estimate of drug-likeness (QED) is 0.882. The number of aliphatic hydroxyl groups excluding tert-OH is 1. The Labute approximate surface area is 110 Å². The molecule has 2 nitrogen and oxygen atoms in total. The van der Waals surface area contributed by atoms with Crippen LogP contribution in [-0.4, -0.2) is 5.11 Å². The van der Waals surface area contributed by atoms with Crippen LogP contribution in [0.1, 0.15) is 24.1 Å². The predicted molar refractivity (Wildman–Crippen MR) is 70.8 cm³/mol. The van der Waals surface area contributed by atoms with Crippen LogP contribution in [0.15, 0.2) is 42.5 Å². The van der Waals surface area contributed by atoms with E-state index < -0.39 is 11.6 Å². The molecule has 0 aliphatic rings. The standard InChI is InChI=1S/C15H15F2NO/c1-10(13-5-3-2-4-11(13)9-19)18-15-8-12(16)6-7-14(15)17/h2-8,10,18-19H,9H2,1H3. The Morgan fingerprint density at radius 2 is 1.89 bits per heavy atom. The minimum atomic E-state index is -0.505. The van der Waals surface area contributed by atoms with E-state index in [4.69, 9.17) is 0 Å². The molecule has 0 aromatic heterocycles. The van der Waals surface area contributed by atoms with Crippen LogP contribution in [-0.2, 0) is 6.61 Å². The molecule has 0 aliphatic carbocycles. The highest BCUT2D eigenvalue weighted by Gasteiger charge is 2.12. The zero-order valence-corrected chi connectivity index (χ0v) is 10.5. The fraction of sp³-hybridized carbons (Fsp3) is 0.200. The monoisotopic (exact) mass is 263 g/mol. The van der Waals surface area contributed by atoms with Gasteiger partial charge in [0.05, 0.1) is 12.3 Å². The molecule has 4 heteroatoms. The van der Waals surface area contributed by atoms with Crippen LogP contribution in [0.3, 0.4) is 0 Å². The smallest absolute Gasteiger partial charge is 0.146 e. The van der Waals surface area contributed by atoms with E-state index in [2.05, 4.69) is 5.32 Å². The molecule has 0 bridgehead atoms. The number of benzene rings is 2. The van der Waals surface area contributed by atoms with Gasteiger partial charge in [-0.2, -0.15) is 0 Å². The highest BCUT2D eigenvalue weighted by Crippen LogP contribution is 2.24. The van der Waals surface area contributed by atoms with Gasteiger partial charge < -0.3 is 10.4 Å². The molecular formula is C15H15F2NO. The summed E-state index contributed by atoms with van der Waals surface area (Å²) in [6, 6.07) is 10.4. The Morgan fingerprint density at radius 3 is 2.63 bits per heavy atom. The van der Waals surface area contributed by atoms with Crippen molar-refractivity contribution in [3.63, 3.8) is 0 Å². The van der Waals surface area contributed by atoms with Crippen molar-refractivity contribution < 1.29 is 13.9 Å². The van der Waals surface area contributed by atoms with Gasteiger partial charge in [-0.25, -0.2) is 8.78 Å². The highest BCUT2D eigenvalue weighted by atomic mass is 19.1. The summed E-state index contributed by atoms with van der Waals surface area (Å²) in [5, 5.41) is 12.2. The molecule has 100 valence electrons. The molecule has 1 atom stereocenters. The van der Waals surface area contributed by atoms with E-state index in [9.17, 15) is 13.9 Å². The maximum absolute atomic E-state index is 13.5. The summed E-state index contributed by atoms with van der Waals surface area (Å²) in [6.45, 7) is 1.74. The second-order valence-electron chi connectivity index (χ2n) is 4.35. The summed E-state index contributed by atoms with van der Waals surface area (Å²) in [6.07, 6.45) is 0. The fourth-order valence-corrected chi connectivity index (χ4v) is 2.02. The van der Waals surface area contributed by atoms with E-state index in [1.165, 1.54) is 0 Å². The summed E-state index contributed by atoms with van der Waals surface area (Å²) in [7, 11) is 0. The van der Waals surface area contributed by atoms with Crippen molar-refractivity contribution in [3.05, 3.63) is 65.2 Å². The molecule has 0 heterocycles. The highest BCUT2D eigenvalue weighted by molar-refractivity contribution is 5.47. The summed E-state index contributed by atoms with van der Waals surface area (Å²) >= 11 is 0. The molecule has 0 saturated carbocycles. The van der Waals surface area contributed by atoms with E-state index in [0.717, 1.165) is 29.3 Å². The van der Waals surface area contributed by atoms with Crippen molar-refractivity contribution in [2.24, 2.45) is 0 Å². The Kier molecular flexibility index (Phi) is 4.12. The van der Waals surface area contributed by atoms with Crippen LogP contribution in [0.4, 0.5) is 14.5 Å². The molecule has 2 aromatic carbocycles. The maximum Gasteiger partial charge on any atom is 0.146 e. The van der Waals surface area contributed by atoms with E-state index in [1.807, 2.05) is 25.1 Å². The first-order chi connectivity index (χ1) is 9.11. The van der Waals surface area contributed by atoms with Gasteiger partial charge in [-0.15, -0.1) is 0 Å². The Morgan fingerprint density at radius 1 is 1.16 bits per heavy atom. The topological polar surface area (TPSA) is 32.3 Å². The van der Waals surface area contributed by atoms with Crippen LogP contribution in [0.2, 0.25) is 0 Å². The van der Waals surface area contributed by atoms with Crippen LogP contribution in [0.25, 0.3) is 0 Å². The molecule has 1 unspecified atom stereocenters. The summed E-state index contributed by atoms with van der Waals surface area (Å²) in [4.78, 5) is 0. The average molecular weight is 263 g/mol. The van der Waals surface area contributed by atoms with Crippen molar-refractivity contribution in [2.45, 2.75) is 19.6 Å². The largest absolute Gasteiger partial charge is 0.392 e. The van der Waals surface area contributed by atoms with Crippen molar-refractivity contribution in [2.75, 3.05) is 5.32 Å². The van der Waals surface area contributed by atoms with E-state index in [-0.39, 0.29) is 18.3 Å². The summed E-state index contributed by atoms with van der Waals surface area (Å²) in [5.74, 6) is -0.999. The molecule has 2 aromatic rings. The van der Waals surface area contributed by atoms with Gasteiger partial charge in [-0.3, -0.25) is 0 Å². The predicted octanol–water partition coefficient (Wildman–Crippen LogP) is 3.63. The van der Waals surface area contributed by atoms with Crippen LogP contribution in [0, 0.1) is 11.6 Å². The summed E-state index contributed by atoms with van der Waals surface area (Å²) in [5.41, 5.74) is 1.73. The van der Waals surface area contributed by atoms with Crippen LogP contribution < -0.4 is 5.32 Å². The van der Waals surface area contributed by atoms with Gasteiger partial charge in [0.1, 0.15) is 11.6 Å². The van der Waals surface area contributed by atoms with Gasteiger partial charge in [-0.05, 0) is 36.2 Å². The first-order valence-electron chi connectivity index (χ1n) is 6.02. The second-order valence-corrected chi connectivity index (χ2v) is 4.35. The van der Waals surface area contributed by atoms with Crippen molar-refractivity contribution in [3.8, 4) is 0 Å². The lowest BCUT2D eigenvalue weighted by molar-refractivity contribution is 0.280. The zero-order chi connectivity index (χ0) is 13.8. The Bertz CT molecular complexity index is 572. The Hall–Kier alpha value is -1.94. The third-order valence-electron chi connectivity index (χ3n) is 2.99. The van der Waals surface area contributed by atoms with E-state index in [1.54, 1.807) is 6.07 Å². The maximum atomic E-state index is 13.5. The summed E-state index contributed by atoms with van der Waals surface area (Å²) < 4.78 is 26.6. The molecule has 2 rings (SSSR count). The number of anilines is 1. The molecule has 19 heavy (non-hydrogen) atoms. The molecule has 0 radical (unpaired) electrons. The van der Waals surface area contributed by atoms with Gasteiger partial charge in [0, 0.05) is 6.04 Å². The lowest BCUT2D eigenvalue weighted by Gasteiger charge is -2.18. The van der Waals surface area contributed by atoms with Crippen molar-refractivity contribution in [1.82, 2.24) is 0 Å². The molecule has 0 spiro atoms. The first-order valence-corrected chi connectivity index (χ1v) is 6.02. The SMILES string of the molecule is CC(Nc1cc(F)ccc1F)c1ccccc1CO. The molecule has 0 saturated heterocycles. The normalized spacial score (nSPS) is 12.2. The van der Waals surface area contributed by atoms with E-state index in [0.29, 0.717) is 0 Å². The van der Waals surface area contributed by atoms with Gasteiger partial charge in [0.2, 0.25) is 0 Å². The number of halogens is 2. The van der Waals surface area contributed by atoms with Crippen LogP contribution >= 0.6 is 0 Å². The fourth-order valence-electron chi connectivity index (χ4n) is 2.02. The zero-order valence-electron chi connectivity index (χ0n) is 10.5. The third-order valence-corrected chi connectivity index (χ3v) is 2.99. The number of nitrogens with one attached hydrogen (secondary N) is 1. The number of hydrogen-bond donors (Lipinski definition) is 2. The van der Waals surface area contributed by atoms with Gasteiger partial charge in [-0.1, -0.05) is 24.3 Å². The number of hydrogen-bond acceptors (Lipinski definition) is 2.